The minimum atomic E-state index is -3.92. The number of aryl methyl sites for hydroxylation is 1. The quantitative estimate of drug-likeness (QED) is 0.739. The normalized spacial score (nSPS) is 18.6. The summed E-state index contributed by atoms with van der Waals surface area (Å²) >= 11 is 1.09. The number of carbonyl (C=O) groups excluding carboxylic acids is 2. The predicted molar refractivity (Wildman–Crippen MR) is 105 cm³/mol. The number of nitrogens with zero attached hydrogens (tertiary/aromatic N) is 3. The molecule has 0 saturated carbocycles. The van der Waals surface area contributed by atoms with Crippen molar-refractivity contribution in [2.75, 3.05) is 24.6 Å². The lowest BCUT2D eigenvalue weighted by Gasteiger charge is -2.30. The number of aromatic nitrogens is 1. The van der Waals surface area contributed by atoms with E-state index in [1.54, 1.807) is 22.6 Å². The summed E-state index contributed by atoms with van der Waals surface area (Å²) in [4.78, 5) is 30.1. The molecular formula is C18H22FN3O4S2. The molecule has 1 saturated heterocycles. The molecule has 1 aromatic carbocycles. The van der Waals surface area contributed by atoms with Crippen molar-refractivity contribution in [3.63, 3.8) is 0 Å². The maximum atomic E-state index is 13.3. The first-order chi connectivity index (χ1) is 13.1. The highest BCUT2D eigenvalue weighted by atomic mass is 32.2. The van der Waals surface area contributed by atoms with Crippen LogP contribution in [-0.2, 0) is 26.5 Å². The average molecular weight is 428 g/mol. The number of hydrogen-bond donors (Lipinski definition) is 0. The van der Waals surface area contributed by atoms with Gasteiger partial charge in [-0.3, -0.25) is 9.59 Å². The van der Waals surface area contributed by atoms with Crippen LogP contribution in [0.25, 0.3) is 10.2 Å². The number of carbonyl (C=O) groups is 2. The Morgan fingerprint density at radius 2 is 2.07 bits per heavy atom. The van der Waals surface area contributed by atoms with Crippen LogP contribution in [0, 0.1) is 11.7 Å². The van der Waals surface area contributed by atoms with Gasteiger partial charge in [0.25, 0.3) is 5.91 Å². The van der Waals surface area contributed by atoms with Crippen LogP contribution in [0.3, 0.4) is 0 Å². The summed E-state index contributed by atoms with van der Waals surface area (Å²) in [7, 11) is -2.25. The molecule has 28 heavy (non-hydrogen) atoms. The van der Waals surface area contributed by atoms with Crippen molar-refractivity contribution in [3.05, 3.63) is 28.8 Å². The first-order valence-electron chi connectivity index (χ1n) is 8.95. The van der Waals surface area contributed by atoms with Crippen molar-refractivity contribution in [3.8, 4) is 0 Å². The third-order valence-corrected chi connectivity index (χ3v) is 7.16. The number of fused-ring (bicyclic) bond motifs is 1. The summed E-state index contributed by atoms with van der Waals surface area (Å²) in [5, 5.41) is 0. The number of thiazole rings is 1. The summed E-state index contributed by atoms with van der Waals surface area (Å²) in [5.74, 6) is -2.89. The largest absolute Gasteiger partial charge is 0.342 e. The van der Waals surface area contributed by atoms with Gasteiger partial charge in [-0.05, 0) is 37.0 Å². The second-order valence-electron chi connectivity index (χ2n) is 7.18. The summed E-state index contributed by atoms with van der Waals surface area (Å²) in [6.07, 6.45) is 1.87. The Morgan fingerprint density at radius 1 is 1.32 bits per heavy atom. The van der Waals surface area contributed by atoms with Crippen LogP contribution in [0.15, 0.2) is 23.2 Å². The molecule has 2 heterocycles. The maximum absolute atomic E-state index is 13.3. The monoisotopic (exact) mass is 427 g/mol. The van der Waals surface area contributed by atoms with Crippen molar-refractivity contribution in [2.24, 2.45) is 18.0 Å². The second-order valence-corrected chi connectivity index (χ2v) is 10.3. The number of likely N-dealkylation sites (tertiary alicyclic amines) is 1. The van der Waals surface area contributed by atoms with Crippen LogP contribution in [-0.4, -0.2) is 54.3 Å². The minimum Gasteiger partial charge on any atom is -0.342 e. The number of benzene rings is 1. The zero-order valence-corrected chi connectivity index (χ0v) is 17.4. The Labute approximate surface area is 166 Å². The average Bonchev–Trinajstić information content (AvgIpc) is 2.88. The van der Waals surface area contributed by atoms with Gasteiger partial charge in [0.15, 0.2) is 14.6 Å². The third kappa shape index (κ3) is 4.85. The van der Waals surface area contributed by atoms with Gasteiger partial charge >= 0.3 is 0 Å². The molecule has 7 nitrogen and oxygen atoms in total. The Kier molecular flexibility index (Phi) is 5.99. The summed E-state index contributed by atoms with van der Waals surface area (Å²) < 4.78 is 40.1. The van der Waals surface area contributed by atoms with Gasteiger partial charge in [-0.25, -0.2) is 12.8 Å². The highest BCUT2D eigenvalue weighted by molar-refractivity contribution is 7.92. The van der Waals surface area contributed by atoms with Gasteiger partial charge in [0.05, 0.1) is 10.2 Å². The first kappa shape index (κ1) is 20.7. The zero-order valence-electron chi connectivity index (χ0n) is 15.7. The van der Waals surface area contributed by atoms with E-state index >= 15 is 0 Å². The molecule has 0 aliphatic carbocycles. The van der Waals surface area contributed by atoms with Gasteiger partial charge in [0.2, 0.25) is 5.91 Å². The Balaban J connectivity index is 1.72. The molecular weight excluding hydrogens is 405 g/mol. The number of piperidine rings is 1. The zero-order chi connectivity index (χ0) is 20.5. The van der Waals surface area contributed by atoms with Crippen molar-refractivity contribution in [1.82, 2.24) is 9.47 Å². The fourth-order valence-corrected chi connectivity index (χ4v) is 5.45. The highest BCUT2D eigenvalue weighted by Crippen LogP contribution is 2.18. The van der Waals surface area contributed by atoms with Crippen LogP contribution < -0.4 is 4.80 Å². The molecule has 1 aliphatic rings. The first-order valence-corrected chi connectivity index (χ1v) is 11.6. The molecule has 3 rings (SSSR count). The van der Waals surface area contributed by atoms with Gasteiger partial charge < -0.3 is 9.47 Å². The van der Waals surface area contributed by atoms with Gasteiger partial charge in [-0.2, -0.15) is 4.99 Å². The third-order valence-electron chi connectivity index (χ3n) is 4.69. The van der Waals surface area contributed by atoms with E-state index in [1.807, 2.05) is 6.92 Å². The lowest BCUT2D eigenvalue weighted by molar-refractivity contribution is -0.130. The maximum Gasteiger partial charge on any atom is 0.263 e. The standard InChI is InChI=1S/C18H22FN3O4S2/c1-12-4-3-7-22(9-12)17(24)11-28(25,26)10-16(23)20-18-21(2)14-6-5-13(19)8-15(14)27-18/h5-6,8,12H,3-4,7,9-11H2,1-2H3. The van der Waals surface area contributed by atoms with E-state index in [4.69, 9.17) is 0 Å². The number of hydrogen-bond acceptors (Lipinski definition) is 5. The van der Waals surface area contributed by atoms with Crippen molar-refractivity contribution < 1.29 is 22.4 Å². The molecule has 10 heteroatoms. The molecule has 152 valence electrons. The van der Waals surface area contributed by atoms with E-state index in [1.165, 1.54) is 12.1 Å². The highest BCUT2D eigenvalue weighted by Gasteiger charge is 2.27. The molecule has 0 N–H and O–H groups in total. The molecule has 0 radical (unpaired) electrons. The van der Waals surface area contributed by atoms with Crippen LogP contribution in [0.1, 0.15) is 19.8 Å². The second kappa shape index (κ2) is 8.12. The molecule has 1 atom stereocenters. The SMILES string of the molecule is CC1CCCN(C(=O)CS(=O)(=O)CC(=O)N=c2sc3cc(F)ccc3n2C)C1. The Bertz CT molecular complexity index is 1090. The van der Waals surface area contributed by atoms with Gasteiger partial charge in [0, 0.05) is 20.1 Å². The van der Waals surface area contributed by atoms with Gasteiger partial charge in [0.1, 0.15) is 17.3 Å². The summed E-state index contributed by atoms with van der Waals surface area (Å²) in [6, 6.07) is 4.20. The van der Waals surface area contributed by atoms with Crippen molar-refractivity contribution >= 4 is 43.2 Å². The molecule has 0 bridgehead atoms. The number of sulfone groups is 1. The van der Waals surface area contributed by atoms with E-state index in [9.17, 15) is 22.4 Å². The lowest BCUT2D eigenvalue weighted by atomic mass is 10.0. The van der Waals surface area contributed by atoms with E-state index < -0.39 is 39.0 Å². The van der Waals surface area contributed by atoms with E-state index in [2.05, 4.69) is 4.99 Å². The molecule has 0 spiro atoms. The molecule has 1 aliphatic heterocycles. The molecule has 1 fully saturated rings. The number of halogens is 1. The molecule has 1 aromatic heterocycles. The number of rotatable bonds is 4. The molecule has 1 unspecified atom stereocenters. The van der Waals surface area contributed by atoms with Crippen LogP contribution >= 0.6 is 11.3 Å². The van der Waals surface area contributed by atoms with Crippen LogP contribution in [0.2, 0.25) is 0 Å². The topological polar surface area (TPSA) is 88.8 Å². The minimum absolute atomic E-state index is 0.275. The number of amides is 2. The summed E-state index contributed by atoms with van der Waals surface area (Å²) in [6.45, 7) is 3.11. The fourth-order valence-electron chi connectivity index (χ4n) is 3.29. The molecule has 2 aromatic rings. The molecule has 2 amide bonds. The summed E-state index contributed by atoms with van der Waals surface area (Å²) in [5.41, 5.74) is 0.690. The Hall–Kier alpha value is -2.07. The van der Waals surface area contributed by atoms with Gasteiger partial charge in [-0.15, -0.1) is 0 Å². The van der Waals surface area contributed by atoms with Crippen molar-refractivity contribution in [1.29, 1.82) is 0 Å². The smallest absolute Gasteiger partial charge is 0.263 e. The van der Waals surface area contributed by atoms with Crippen LogP contribution in [0.5, 0.6) is 0 Å². The fraction of sp³-hybridized carbons (Fsp3) is 0.500. The Morgan fingerprint density at radius 3 is 2.79 bits per heavy atom. The lowest BCUT2D eigenvalue weighted by Crippen LogP contribution is -2.42. The predicted octanol–water partition coefficient (Wildman–Crippen LogP) is 1.48. The van der Waals surface area contributed by atoms with Crippen molar-refractivity contribution in [2.45, 2.75) is 19.8 Å². The van der Waals surface area contributed by atoms with Crippen LogP contribution in [0.4, 0.5) is 4.39 Å². The van der Waals surface area contributed by atoms with E-state index in [-0.39, 0.29) is 4.80 Å². The van der Waals surface area contributed by atoms with Gasteiger partial charge in [-0.1, -0.05) is 18.3 Å². The van der Waals surface area contributed by atoms with E-state index in [0.29, 0.717) is 29.2 Å². The van der Waals surface area contributed by atoms with E-state index in [0.717, 1.165) is 24.2 Å².